The molecule has 0 aromatic heterocycles. The van der Waals surface area contributed by atoms with Crippen molar-refractivity contribution < 1.29 is 4.79 Å². The second kappa shape index (κ2) is 3.57. The SMILES string of the molecule is CC(C)CN1Cc2cc(N)ccc2C1=O. The fourth-order valence-corrected chi connectivity index (χ4v) is 1.99. The first kappa shape index (κ1) is 10.0. The first-order valence-electron chi connectivity index (χ1n) is 5.25. The van der Waals surface area contributed by atoms with Crippen molar-refractivity contribution in [3.63, 3.8) is 0 Å². The maximum Gasteiger partial charge on any atom is 0.254 e. The lowest BCUT2D eigenvalue weighted by Gasteiger charge is -2.17. The molecule has 0 aliphatic carbocycles. The van der Waals surface area contributed by atoms with E-state index in [0.29, 0.717) is 12.5 Å². The van der Waals surface area contributed by atoms with E-state index in [2.05, 4.69) is 13.8 Å². The van der Waals surface area contributed by atoms with Crippen LogP contribution in [0, 0.1) is 5.92 Å². The molecule has 80 valence electrons. The zero-order chi connectivity index (χ0) is 11.0. The minimum atomic E-state index is 0.138. The Morgan fingerprint density at radius 1 is 1.47 bits per heavy atom. The summed E-state index contributed by atoms with van der Waals surface area (Å²) < 4.78 is 0. The third-order valence-electron chi connectivity index (χ3n) is 2.59. The van der Waals surface area contributed by atoms with Crippen LogP contribution in [-0.2, 0) is 6.54 Å². The van der Waals surface area contributed by atoms with Crippen molar-refractivity contribution in [3.8, 4) is 0 Å². The summed E-state index contributed by atoms with van der Waals surface area (Å²) in [5.74, 6) is 0.638. The average Bonchev–Trinajstić information content (AvgIpc) is 2.42. The third-order valence-corrected chi connectivity index (χ3v) is 2.59. The summed E-state index contributed by atoms with van der Waals surface area (Å²) in [4.78, 5) is 13.8. The van der Waals surface area contributed by atoms with E-state index in [1.165, 1.54) is 0 Å². The van der Waals surface area contributed by atoms with Gasteiger partial charge in [-0.15, -0.1) is 0 Å². The van der Waals surface area contributed by atoms with E-state index in [-0.39, 0.29) is 5.91 Å². The van der Waals surface area contributed by atoms with E-state index in [1.54, 1.807) is 6.07 Å². The summed E-state index contributed by atoms with van der Waals surface area (Å²) in [5.41, 5.74) is 8.29. The highest BCUT2D eigenvalue weighted by Gasteiger charge is 2.27. The van der Waals surface area contributed by atoms with Crippen LogP contribution in [0.15, 0.2) is 18.2 Å². The van der Waals surface area contributed by atoms with E-state index in [4.69, 9.17) is 5.73 Å². The monoisotopic (exact) mass is 204 g/mol. The molecule has 2 rings (SSSR count). The minimum Gasteiger partial charge on any atom is -0.399 e. The van der Waals surface area contributed by atoms with Gasteiger partial charge in [-0.25, -0.2) is 0 Å². The van der Waals surface area contributed by atoms with Crippen LogP contribution in [0.2, 0.25) is 0 Å². The number of fused-ring (bicyclic) bond motifs is 1. The number of nitrogens with zero attached hydrogens (tertiary/aromatic N) is 1. The van der Waals surface area contributed by atoms with Crippen molar-refractivity contribution in [2.75, 3.05) is 12.3 Å². The highest BCUT2D eigenvalue weighted by Crippen LogP contribution is 2.25. The molecule has 0 atom stereocenters. The van der Waals surface area contributed by atoms with Gasteiger partial charge in [0.05, 0.1) is 0 Å². The molecule has 1 aliphatic rings. The van der Waals surface area contributed by atoms with Gasteiger partial charge in [0.25, 0.3) is 5.91 Å². The van der Waals surface area contributed by atoms with Gasteiger partial charge in [-0.2, -0.15) is 0 Å². The van der Waals surface area contributed by atoms with Crippen LogP contribution in [0.5, 0.6) is 0 Å². The molecule has 0 radical (unpaired) electrons. The molecule has 3 nitrogen and oxygen atoms in total. The number of anilines is 1. The number of rotatable bonds is 2. The molecule has 1 aliphatic heterocycles. The molecule has 0 unspecified atom stereocenters. The third kappa shape index (κ3) is 1.82. The van der Waals surface area contributed by atoms with Gasteiger partial charge in [0.1, 0.15) is 0 Å². The number of hydrogen-bond acceptors (Lipinski definition) is 2. The topological polar surface area (TPSA) is 46.3 Å². The van der Waals surface area contributed by atoms with Gasteiger partial charge in [0.2, 0.25) is 0 Å². The number of carbonyl (C=O) groups excluding carboxylic acids is 1. The Hall–Kier alpha value is -1.51. The van der Waals surface area contributed by atoms with Crippen LogP contribution in [0.3, 0.4) is 0 Å². The molecule has 15 heavy (non-hydrogen) atoms. The lowest BCUT2D eigenvalue weighted by Crippen LogP contribution is -2.27. The Morgan fingerprint density at radius 3 is 2.87 bits per heavy atom. The maximum atomic E-state index is 11.9. The van der Waals surface area contributed by atoms with Gasteiger partial charge < -0.3 is 10.6 Å². The van der Waals surface area contributed by atoms with Crippen LogP contribution in [0.4, 0.5) is 5.69 Å². The van der Waals surface area contributed by atoms with E-state index in [9.17, 15) is 4.79 Å². The molecule has 2 N–H and O–H groups in total. The predicted octanol–water partition coefficient (Wildman–Crippen LogP) is 1.88. The smallest absolute Gasteiger partial charge is 0.254 e. The van der Waals surface area contributed by atoms with Gasteiger partial charge in [0.15, 0.2) is 0 Å². The lowest BCUT2D eigenvalue weighted by molar-refractivity contribution is 0.0760. The normalized spacial score (nSPS) is 14.9. The maximum absolute atomic E-state index is 11.9. The lowest BCUT2D eigenvalue weighted by atomic mass is 10.1. The molecule has 1 amide bonds. The van der Waals surface area contributed by atoms with Crippen LogP contribution in [0.1, 0.15) is 29.8 Å². The molecular weight excluding hydrogens is 188 g/mol. The van der Waals surface area contributed by atoms with E-state index >= 15 is 0 Å². The molecule has 0 saturated heterocycles. The zero-order valence-electron chi connectivity index (χ0n) is 9.16. The minimum absolute atomic E-state index is 0.138. The Balaban J connectivity index is 2.25. The molecule has 0 fully saturated rings. The van der Waals surface area contributed by atoms with Crippen molar-refractivity contribution in [1.82, 2.24) is 4.90 Å². The number of hydrogen-bond donors (Lipinski definition) is 1. The zero-order valence-corrected chi connectivity index (χ0v) is 9.16. The predicted molar refractivity (Wildman–Crippen MR) is 60.4 cm³/mol. The highest BCUT2D eigenvalue weighted by molar-refractivity contribution is 5.98. The van der Waals surface area contributed by atoms with Crippen LogP contribution < -0.4 is 5.73 Å². The van der Waals surface area contributed by atoms with Gasteiger partial charge in [-0.1, -0.05) is 13.8 Å². The molecule has 1 aromatic carbocycles. The van der Waals surface area contributed by atoms with Crippen molar-refractivity contribution in [2.24, 2.45) is 5.92 Å². The van der Waals surface area contributed by atoms with Crippen LogP contribution >= 0.6 is 0 Å². The Bertz CT molecular complexity index is 399. The van der Waals surface area contributed by atoms with Crippen molar-refractivity contribution in [3.05, 3.63) is 29.3 Å². The standard InChI is InChI=1S/C12H16N2O/c1-8(2)6-14-7-9-5-10(13)3-4-11(9)12(14)15/h3-5,8H,6-7,13H2,1-2H3. The molecule has 0 saturated carbocycles. The van der Waals surface area contributed by atoms with Crippen molar-refractivity contribution >= 4 is 11.6 Å². The molecule has 3 heteroatoms. The Labute approximate surface area is 89.9 Å². The summed E-state index contributed by atoms with van der Waals surface area (Å²) in [5, 5.41) is 0. The largest absolute Gasteiger partial charge is 0.399 e. The first-order valence-corrected chi connectivity index (χ1v) is 5.25. The quantitative estimate of drug-likeness (QED) is 0.748. The van der Waals surface area contributed by atoms with Crippen molar-refractivity contribution in [1.29, 1.82) is 0 Å². The molecule has 1 aromatic rings. The summed E-state index contributed by atoms with van der Waals surface area (Å²) in [6.45, 7) is 5.75. The summed E-state index contributed by atoms with van der Waals surface area (Å²) in [6, 6.07) is 5.51. The second-order valence-corrected chi connectivity index (χ2v) is 4.50. The van der Waals surface area contributed by atoms with Gasteiger partial charge >= 0.3 is 0 Å². The highest BCUT2D eigenvalue weighted by atomic mass is 16.2. The Kier molecular flexibility index (Phi) is 2.39. The number of amides is 1. The Morgan fingerprint density at radius 2 is 2.20 bits per heavy atom. The fraction of sp³-hybridized carbons (Fsp3) is 0.417. The van der Waals surface area contributed by atoms with E-state index < -0.39 is 0 Å². The molecule has 0 spiro atoms. The van der Waals surface area contributed by atoms with Gasteiger partial charge in [-0.3, -0.25) is 4.79 Å². The molecule has 1 heterocycles. The number of benzene rings is 1. The summed E-state index contributed by atoms with van der Waals surface area (Å²) in [6.07, 6.45) is 0. The summed E-state index contributed by atoms with van der Waals surface area (Å²) in [7, 11) is 0. The van der Waals surface area contributed by atoms with Crippen molar-refractivity contribution in [2.45, 2.75) is 20.4 Å². The summed E-state index contributed by atoms with van der Waals surface area (Å²) >= 11 is 0. The van der Waals surface area contributed by atoms with Gasteiger partial charge in [-0.05, 0) is 29.7 Å². The second-order valence-electron chi connectivity index (χ2n) is 4.50. The van der Waals surface area contributed by atoms with Gasteiger partial charge in [0, 0.05) is 24.3 Å². The van der Waals surface area contributed by atoms with Crippen LogP contribution in [0.25, 0.3) is 0 Å². The van der Waals surface area contributed by atoms with E-state index in [1.807, 2.05) is 17.0 Å². The number of nitrogens with two attached hydrogens (primary N) is 1. The fourth-order valence-electron chi connectivity index (χ4n) is 1.99. The molecular formula is C12H16N2O. The van der Waals surface area contributed by atoms with E-state index in [0.717, 1.165) is 23.4 Å². The molecule has 0 bridgehead atoms. The first-order chi connectivity index (χ1) is 7.08. The average molecular weight is 204 g/mol. The van der Waals surface area contributed by atoms with Crippen LogP contribution in [-0.4, -0.2) is 17.4 Å². The number of nitrogen functional groups attached to an aromatic ring is 1. The number of carbonyl (C=O) groups is 1.